The van der Waals surface area contributed by atoms with Crippen LogP contribution in [0.3, 0.4) is 0 Å². The Balaban J connectivity index is 1.37. The zero-order valence-electron chi connectivity index (χ0n) is 17.3. The SMILES string of the molecule is Cc1cc(OC[C@H]2CCCN(C(C)c3cnc4c(c3)OCCC4)C2)cc(C)n1. The molecule has 0 bridgehead atoms. The Hall–Kier alpha value is -2.14. The first-order valence-corrected chi connectivity index (χ1v) is 10.5. The predicted molar refractivity (Wildman–Crippen MR) is 110 cm³/mol. The largest absolute Gasteiger partial charge is 0.493 e. The van der Waals surface area contributed by atoms with E-state index in [-0.39, 0.29) is 0 Å². The summed E-state index contributed by atoms with van der Waals surface area (Å²) in [6, 6.07) is 6.59. The number of rotatable bonds is 5. The summed E-state index contributed by atoms with van der Waals surface area (Å²) < 4.78 is 11.9. The Morgan fingerprint density at radius 2 is 2.04 bits per heavy atom. The minimum Gasteiger partial charge on any atom is -0.493 e. The van der Waals surface area contributed by atoms with Crippen molar-refractivity contribution in [3.63, 3.8) is 0 Å². The van der Waals surface area contributed by atoms with E-state index >= 15 is 0 Å². The third-order valence-corrected chi connectivity index (χ3v) is 5.89. The van der Waals surface area contributed by atoms with Gasteiger partial charge in [0.1, 0.15) is 11.5 Å². The number of aryl methyl sites for hydroxylation is 3. The molecule has 4 rings (SSSR count). The third-order valence-electron chi connectivity index (χ3n) is 5.89. The zero-order valence-corrected chi connectivity index (χ0v) is 17.3. The van der Waals surface area contributed by atoms with Gasteiger partial charge in [-0.05, 0) is 64.6 Å². The van der Waals surface area contributed by atoms with E-state index in [1.165, 1.54) is 18.4 Å². The molecule has 1 fully saturated rings. The number of hydrogen-bond acceptors (Lipinski definition) is 5. The molecular weight excluding hydrogens is 350 g/mol. The maximum Gasteiger partial charge on any atom is 0.141 e. The van der Waals surface area contributed by atoms with E-state index in [9.17, 15) is 0 Å². The second-order valence-corrected chi connectivity index (χ2v) is 8.24. The predicted octanol–water partition coefficient (Wildman–Crippen LogP) is 4.27. The fourth-order valence-electron chi connectivity index (χ4n) is 4.34. The molecule has 1 saturated heterocycles. The van der Waals surface area contributed by atoms with Crippen LogP contribution in [0.1, 0.15) is 54.9 Å². The van der Waals surface area contributed by atoms with Crippen molar-refractivity contribution in [3.8, 4) is 11.5 Å². The van der Waals surface area contributed by atoms with E-state index in [0.717, 1.165) is 67.7 Å². The van der Waals surface area contributed by atoms with Crippen LogP contribution < -0.4 is 9.47 Å². The molecule has 1 unspecified atom stereocenters. The lowest BCUT2D eigenvalue weighted by molar-refractivity contribution is 0.100. The summed E-state index contributed by atoms with van der Waals surface area (Å²) in [5.74, 6) is 2.47. The lowest BCUT2D eigenvalue weighted by Gasteiger charge is -2.37. The highest BCUT2D eigenvalue weighted by Gasteiger charge is 2.26. The Morgan fingerprint density at radius 1 is 1.21 bits per heavy atom. The van der Waals surface area contributed by atoms with Crippen molar-refractivity contribution in [1.82, 2.24) is 14.9 Å². The van der Waals surface area contributed by atoms with Crippen LogP contribution in [-0.2, 0) is 6.42 Å². The molecule has 0 saturated carbocycles. The van der Waals surface area contributed by atoms with Crippen molar-refractivity contribution in [2.24, 2.45) is 5.92 Å². The average Bonchev–Trinajstić information content (AvgIpc) is 2.71. The van der Waals surface area contributed by atoms with Crippen LogP contribution in [0.4, 0.5) is 0 Å². The van der Waals surface area contributed by atoms with E-state index in [4.69, 9.17) is 9.47 Å². The first-order chi connectivity index (χ1) is 13.6. The maximum absolute atomic E-state index is 6.12. The molecule has 2 aromatic heterocycles. The first kappa shape index (κ1) is 19.2. The van der Waals surface area contributed by atoms with Crippen molar-refractivity contribution in [1.29, 1.82) is 0 Å². The smallest absolute Gasteiger partial charge is 0.141 e. The van der Waals surface area contributed by atoms with E-state index in [2.05, 4.69) is 27.9 Å². The monoisotopic (exact) mass is 381 g/mol. The summed E-state index contributed by atoms with van der Waals surface area (Å²) in [7, 11) is 0. The first-order valence-electron chi connectivity index (χ1n) is 10.5. The Kier molecular flexibility index (Phi) is 5.81. The second-order valence-electron chi connectivity index (χ2n) is 8.24. The van der Waals surface area contributed by atoms with Gasteiger partial charge in [0.25, 0.3) is 0 Å². The normalized spacial score (nSPS) is 20.9. The van der Waals surface area contributed by atoms with E-state index in [1.807, 2.05) is 32.2 Å². The highest BCUT2D eigenvalue weighted by Crippen LogP contribution is 2.31. The molecule has 150 valence electrons. The standard InChI is InChI=1S/C23H31N3O2/c1-16-10-21(11-17(2)25-16)28-15-19-6-4-8-26(14-19)18(3)20-12-23-22(24-13-20)7-5-9-27-23/h10-13,18-19H,4-9,14-15H2,1-3H3/t18?,19-/m0/s1. The van der Waals surface area contributed by atoms with Gasteiger partial charge in [-0.15, -0.1) is 0 Å². The van der Waals surface area contributed by atoms with Gasteiger partial charge in [-0.1, -0.05) is 0 Å². The number of ether oxygens (including phenoxy) is 2. The maximum atomic E-state index is 6.12. The van der Waals surface area contributed by atoms with Crippen LogP contribution in [0.5, 0.6) is 11.5 Å². The van der Waals surface area contributed by atoms with Gasteiger partial charge in [0.05, 0.1) is 18.9 Å². The summed E-state index contributed by atoms with van der Waals surface area (Å²) in [6.45, 7) is 10.1. The second kappa shape index (κ2) is 8.48. The summed E-state index contributed by atoms with van der Waals surface area (Å²) in [5, 5.41) is 0. The van der Waals surface area contributed by atoms with Crippen LogP contribution in [-0.4, -0.2) is 41.2 Å². The van der Waals surface area contributed by atoms with Crippen molar-refractivity contribution in [2.45, 2.75) is 52.5 Å². The minimum absolute atomic E-state index is 0.344. The quantitative estimate of drug-likeness (QED) is 0.774. The topological polar surface area (TPSA) is 47.5 Å². The molecule has 2 aromatic rings. The Bertz CT molecular complexity index is 803. The van der Waals surface area contributed by atoms with Crippen molar-refractivity contribution >= 4 is 0 Å². The molecule has 2 aliphatic rings. The number of nitrogens with zero attached hydrogens (tertiary/aromatic N) is 3. The molecule has 28 heavy (non-hydrogen) atoms. The van der Waals surface area contributed by atoms with E-state index < -0.39 is 0 Å². The molecule has 0 radical (unpaired) electrons. The van der Waals surface area contributed by atoms with E-state index in [0.29, 0.717) is 12.0 Å². The van der Waals surface area contributed by atoms with Gasteiger partial charge in [-0.3, -0.25) is 14.9 Å². The van der Waals surface area contributed by atoms with Crippen molar-refractivity contribution in [3.05, 3.63) is 47.0 Å². The fourth-order valence-corrected chi connectivity index (χ4v) is 4.34. The molecular formula is C23H31N3O2. The van der Waals surface area contributed by atoms with Gasteiger partial charge in [0.15, 0.2) is 0 Å². The summed E-state index contributed by atoms with van der Waals surface area (Å²) in [5.41, 5.74) is 4.38. The van der Waals surface area contributed by atoms with Crippen molar-refractivity contribution in [2.75, 3.05) is 26.3 Å². The lowest BCUT2D eigenvalue weighted by atomic mass is 9.96. The van der Waals surface area contributed by atoms with Gasteiger partial charge >= 0.3 is 0 Å². The highest BCUT2D eigenvalue weighted by atomic mass is 16.5. The zero-order chi connectivity index (χ0) is 19.5. The molecule has 2 aliphatic heterocycles. The van der Waals surface area contributed by atoms with Crippen LogP contribution in [0.15, 0.2) is 24.4 Å². The fraction of sp³-hybridized carbons (Fsp3) is 0.565. The number of piperidine rings is 1. The molecule has 0 spiro atoms. The Morgan fingerprint density at radius 3 is 2.86 bits per heavy atom. The van der Waals surface area contributed by atoms with Crippen LogP contribution >= 0.6 is 0 Å². The van der Waals surface area contributed by atoms with Crippen LogP contribution in [0.2, 0.25) is 0 Å². The number of hydrogen-bond donors (Lipinski definition) is 0. The molecule has 4 heterocycles. The summed E-state index contributed by atoms with van der Waals surface area (Å²) in [6.07, 6.45) is 6.57. The lowest BCUT2D eigenvalue weighted by Crippen LogP contribution is -2.39. The number of aromatic nitrogens is 2. The van der Waals surface area contributed by atoms with Crippen LogP contribution in [0.25, 0.3) is 0 Å². The minimum atomic E-state index is 0.344. The summed E-state index contributed by atoms with van der Waals surface area (Å²) in [4.78, 5) is 11.7. The molecule has 2 atom stereocenters. The molecule has 5 heteroatoms. The van der Waals surface area contributed by atoms with Gasteiger partial charge in [0.2, 0.25) is 0 Å². The molecule has 0 aromatic carbocycles. The molecule has 0 aliphatic carbocycles. The molecule has 0 amide bonds. The van der Waals surface area contributed by atoms with E-state index in [1.54, 1.807) is 0 Å². The third kappa shape index (κ3) is 4.46. The van der Waals surface area contributed by atoms with Gasteiger partial charge in [-0.25, -0.2) is 0 Å². The number of likely N-dealkylation sites (tertiary alicyclic amines) is 1. The number of fused-ring (bicyclic) bond motifs is 1. The number of pyridine rings is 2. The van der Waals surface area contributed by atoms with Crippen LogP contribution in [0, 0.1) is 19.8 Å². The Labute approximate surface area is 168 Å². The van der Waals surface area contributed by atoms with Gasteiger partial charge in [0, 0.05) is 48.2 Å². The average molecular weight is 382 g/mol. The highest BCUT2D eigenvalue weighted by molar-refractivity contribution is 5.34. The van der Waals surface area contributed by atoms with Crippen molar-refractivity contribution < 1.29 is 9.47 Å². The van der Waals surface area contributed by atoms with Gasteiger partial charge < -0.3 is 9.47 Å². The molecule has 0 N–H and O–H groups in total. The summed E-state index contributed by atoms with van der Waals surface area (Å²) >= 11 is 0. The van der Waals surface area contributed by atoms with Gasteiger partial charge in [-0.2, -0.15) is 0 Å². The molecule has 5 nitrogen and oxygen atoms in total.